The number of amides is 3. The Hall–Kier alpha value is -4.54. The van der Waals surface area contributed by atoms with Crippen molar-refractivity contribution in [3.05, 3.63) is 110 Å². The van der Waals surface area contributed by atoms with E-state index in [9.17, 15) is 9.90 Å². The highest BCUT2D eigenvalue weighted by Gasteiger charge is 2.77. The van der Waals surface area contributed by atoms with Crippen molar-refractivity contribution in [2.24, 2.45) is 17.8 Å². The second-order valence-corrected chi connectivity index (χ2v) is 16.0. The molecule has 3 aromatic rings. The lowest BCUT2D eigenvalue weighted by atomic mass is 9.65. The summed E-state index contributed by atoms with van der Waals surface area (Å²) in [5, 5.41) is 10.9. The third kappa shape index (κ3) is 6.94. The molecule has 7 atom stereocenters. The highest BCUT2D eigenvalue weighted by atomic mass is 32.2. The van der Waals surface area contributed by atoms with Crippen LogP contribution in [0.25, 0.3) is 0 Å². The summed E-state index contributed by atoms with van der Waals surface area (Å²) in [6, 6.07) is 23.5. The number of hydrogen-bond acceptors (Lipinski definition) is 7. The number of fused-ring (bicyclic) bond motifs is 1. The molecule has 3 aromatic carbocycles. The molecule has 0 aromatic heterocycles. The Morgan fingerprint density at radius 1 is 0.907 bits per heavy atom. The molecule has 1 spiro atoms. The quantitative estimate of drug-likeness (QED) is 0.155. The van der Waals surface area contributed by atoms with Crippen LogP contribution < -0.4 is 19.4 Å². The highest BCUT2D eigenvalue weighted by molar-refractivity contribution is 8.02. The predicted octanol–water partition coefficient (Wildman–Crippen LogP) is 6.61. The van der Waals surface area contributed by atoms with Crippen LogP contribution in [0.3, 0.4) is 0 Å². The summed E-state index contributed by atoms with van der Waals surface area (Å²) in [7, 11) is 0. The van der Waals surface area contributed by atoms with Crippen LogP contribution in [0.1, 0.15) is 39.7 Å². The monoisotopic (exact) mass is 750 g/mol. The Morgan fingerprint density at radius 2 is 1.48 bits per heavy atom. The number of carbonyl (C=O) groups excluding carboxylic acids is 3. The molecule has 9 nitrogen and oxygen atoms in total. The van der Waals surface area contributed by atoms with E-state index in [4.69, 9.17) is 4.74 Å². The Morgan fingerprint density at radius 3 is 2.04 bits per heavy atom. The first-order chi connectivity index (χ1) is 26.2. The highest BCUT2D eigenvalue weighted by Crippen LogP contribution is 2.69. The van der Waals surface area contributed by atoms with Gasteiger partial charge in [0, 0.05) is 48.5 Å². The lowest BCUT2D eigenvalue weighted by Gasteiger charge is -2.42. The number of thioether (sulfide) groups is 1. The summed E-state index contributed by atoms with van der Waals surface area (Å²) in [5.41, 5.74) is 3.41. The second-order valence-electron chi connectivity index (χ2n) is 14.4. The summed E-state index contributed by atoms with van der Waals surface area (Å²) >= 11 is 1.64. The molecular formula is C44H54N4O5S. The van der Waals surface area contributed by atoms with Gasteiger partial charge in [0.2, 0.25) is 11.8 Å². The fraction of sp³-hybridized carbons (Fsp3) is 0.432. The molecule has 3 saturated heterocycles. The number of likely N-dealkylation sites (tertiary alicyclic amines) is 1. The minimum Gasteiger partial charge on any atom is -0.494 e. The first-order valence-electron chi connectivity index (χ1n) is 19.3. The van der Waals surface area contributed by atoms with E-state index >= 15 is 9.59 Å². The van der Waals surface area contributed by atoms with E-state index in [1.54, 1.807) is 38.6 Å². The lowest BCUT2D eigenvalue weighted by Crippen LogP contribution is -2.59. The topological polar surface area (TPSA) is 93.6 Å². The molecule has 3 fully saturated rings. The van der Waals surface area contributed by atoms with Gasteiger partial charge in [0.15, 0.2) is 0 Å². The molecule has 0 radical (unpaired) electrons. The number of aliphatic hydroxyl groups is 1. The van der Waals surface area contributed by atoms with Crippen LogP contribution in [0.4, 0.5) is 17.1 Å². The van der Waals surface area contributed by atoms with Crippen molar-refractivity contribution in [2.45, 2.75) is 62.6 Å². The van der Waals surface area contributed by atoms with Crippen molar-refractivity contribution in [2.75, 3.05) is 54.1 Å². The van der Waals surface area contributed by atoms with Crippen molar-refractivity contribution in [1.29, 1.82) is 0 Å². The molecule has 1 N–H and O–H groups in total. The first-order valence-corrected chi connectivity index (χ1v) is 20.1. The van der Waals surface area contributed by atoms with Crippen LogP contribution in [0, 0.1) is 17.8 Å². The molecule has 3 amide bonds. The molecule has 54 heavy (non-hydrogen) atoms. The van der Waals surface area contributed by atoms with Crippen molar-refractivity contribution in [3.8, 4) is 5.75 Å². The van der Waals surface area contributed by atoms with E-state index in [0.717, 1.165) is 24.3 Å². The number of anilines is 3. The summed E-state index contributed by atoms with van der Waals surface area (Å²) in [5.74, 6) is -1.39. The van der Waals surface area contributed by atoms with Gasteiger partial charge in [0.05, 0.1) is 35.8 Å². The maximum atomic E-state index is 15.4. The van der Waals surface area contributed by atoms with Crippen LogP contribution in [0.5, 0.6) is 5.75 Å². The Kier molecular flexibility index (Phi) is 12.2. The van der Waals surface area contributed by atoms with Gasteiger partial charge in [0.25, 0.3) is 5.91 Å². The van der Waals surface area contributed by atoms with Crippen molar-refractivity contribution < 1.29 is 24.2 Å². The average Bonchev–Trinajstić information content (AvgIpc) is 3.79. The largest absolute Gasteiger partial charge is 0.494 e. The SMILES string of the molecule is C=CCN(C(=O)C1N([C@@H](CO)Cc2ccccc2)C(=O)[C@@H]2[C@@H](C(=O)N(CC=C)c3ccc(OCC)cc3)[C@H]3CC(C)C12S3)c1ccc(N(CC)CC)cc1. The van der Waals surface area contributed by atoms with Crippen molar-refractivity contribution in [3.63, 3.8) is 0 Å². The van der Waals surface area contributed by atoms with Crippen LogP contribution >= 0.6 is 11.8 Å². The summed E-state index contributed by atoms with van der Waals surface area (Å²) in [4.78, 5) is 53.0. The van der Waals surface area contributed by atoms with Gasteiger partial charge in [0.1, 0.15) is 11.8 Å². The van der Waals surface area contributed by atoms with Gasteiger partial charge >= 0.3 is 0 Å². The fourth-order valence-electron chi connectivity index (χ4n) is 9.10. The molecule has 3 aliphatic heterocycles. The van der Waals surface area contributed by atoms with Crippen molar-refractivity contribution >= 4 is 46.5 Å². The van der Waals surface area contributed by atoms with E-state index < -0.39 is 28.7 Å². The maximum Gasteiger partial charge on any atom is 0.251 e. The Labute approximate surface area is 324 Å². The normalized spacial score (nSPS) is 24.5. The average molecular weight is 751 g/mol. The maximum absolute atomic E-state index is 15.4. The van der Waals surface area contributed by atoms with Gasteiger partial charge in [-0.25, -0.2) is 0 Å². The standard InChI is InChI=1S/C44H54N4O5S/c1-7-25-46(34-21-23-36(24-22-34)53-11-5)41(50)38-37-27-30(6)44(54-37)39(38)42(51)48(35(29-49)28-31-15-13-12-14-16-31)40(44)43(52)47(26-8-2)33-19-17-32(18-20-33)45(9-3)10-4/h7-8,12-24,30,35,37-40,49H,1-2,9-11,25-29H2,3-6H3/t30?,35-,37-,38+,39+,40?,44?/m1/s1. The number of ether oxygens (including phenoxy) is 1. The fourth-order valence-corrected chi connectivity index (χ4v) is 11.5. The van der Waals surface area contributed by atoms with E-state index in [2.05, 4.69) is 38.8 Å². The molecular weight excluding hydrogens is 697 g/mol. The molecule has 3 unspecified atom stereocenters. The first kappa shape index (κ1) is 39.2. The summed E-state index contributed by atoms with van der Waals surface area (Å²) in [6.45, 7) is 18.6. The molecule has 0 saturated carbocycles. The van der Waals surface area contributed by atoms with Gasteiger partial charge < -0.3 is 29.4 Å². The van der Waals surface area contributed by atoms with Crippen LogP contribution in [0.2, 0.25) is 0 Å². The Balaban J connectivity index is 1.44. The number of carbonyl (C=O) groups is 3. The number of benzene rings is 3. The lowest BCUT2D eigenvalue weighted by molar-refractivity contribution is -0.141. The van der Waals surface area contributed by atoms with Crippen LogP contribution in [0.15, 0.2) is 104 Å². The minimum atomic E-state index is -0.917. The number of rotatable bonds is 17. The number of nitrogens with zero attached hydrogens (tertiary/aromatic N) is 4. The zero-order valence-corrected chi connectivity index (χ0v) is 32.8. The third-order valence-electron chi connectivity index (χ3n) is 11.5. The smallest absolute Gasteiger partial charge is 0.251 e. The van der Waals surface area contributed by atoms with E-state index in [1.165, 1.54) is 0 Å². The van der Waals surface area contributed by atoms with Gasteiger partial charge in [-0.1, -0.05) is 49.4 Å². The molecule has 3 aliphatic rings. The predicted molar refractivity (Wildman–Crippen MR) is 219 cm³/mol. The number of aliphatic hydroxyl groups excluding tert-OH is 1. The minimum absolute atomic E-state index is 0.0468. The van der Waals surface area contributed by atoms with E-state index in [1.807, 2.05) is 85.8 Å². The molecule has 6 rings (SSSR count). The van der Waals surface area contributed by atoms with Crippen molar-refractivity contribution in [1.82, 2.24) is 4.90 Å². The van der Waals surface area contributed by atoms with Crippen LogP contribution in [-0.4, -0.2) is 89.2 Å². The van der Waals surface area contributed by atoms with Gasteiger partial charge in [-0.05, 0) is 93.6 Å². The Bertz CT molecular complexity index is 1800. The van der Waals surface area contributed by atoms with Gasteiger partial charge in [-0.2, -0.15) is 0 Å². The molecule has 10 heteroatoms. The summed E-state index contributed by atoms with van der Waals surface area (Å²) < 4.78 is 4.77. The zero-order chi connectivity index (χ0) is 38.6. The van der Waals surface area contributed by atoms with Gasteiger partial charge in [-0.15, -0.1) is 24.9 Å². The zero-order valence-electron chi connectivity index (χ0n) is 32.0. The molecule has 2 bridgehead atoms. The molecule has 3 heterocycles. The van der Waals surface area contributed by atoms with E-state index in [-0.39, 0.29) is 48.6 Å². The second kappa shape index (κ2) is 16.9. The van der Waals surface area contributed by atoms with E-state index in [0.29, 0.717) is 36.6 Å². The van der Waals surface area contributed by atoms with Crippen LogP contribution in [-0.2, 0) is 20.8 Å². The molecule has 0 aliphatic carbocycles. The third-order valence-corrected chi connectivity index (χ3v) is 13.6. The van der Waals surface area contributed by atoms with Gasteiger partial charge in [-0.3, -0.25) is 14.4 Å². The number of hydrogen-bond donors (Lipinski definition) is 1. The molecule has 286 valence electrons. The summed E-state index contributed by atoms with van der Waals surface area (Å²) in [6.07, 6.45) is 4.46.